The van der Waals surface area contributed by atoms with Crippen molar-refractivity contribution < 1.29 is 0 Å². The molecule has 0 atom stereocenters. The second-order valence-electron chi connectivity index (χ2n) is 5.85. The summed E-state index contributed by atoms with van der Waals surface area (Å²) in [4.78, 5) is 2.66. The van der Waals surface area contributed by atoms with Crippen LogP contribution < -0.4 is 5.73 Å². The van der Waals surface area contributed by atoms with Crippen LogP contribution in [0, 0.1) is 5.92 Å². The summed E-state index contributed by atoms with van der Waals surface area (Å²) >= 11 is 0. The van der Waals surface area contributed by atoms with Crippen LogP contribution in [0.3, 0.4) is 0 Å². The zero-order chi connectivity index (χ0) is 11.2. The monoisotopic (exact) mass is 296 g/mol. The molecule has 2 nitrogen and oxygen atoms in total. The van der Waals surface area contributed by atoms with E-state index in [2.05, 4.69) is 4.90 Å². The lowest BCUT2D eigenvalue weighted by atomic mass is 9.90. The van der Waals surface area contributed by atoms with E-state index in [1.807, 2.05) is 0 Å². The van der Waals surface area contributed by atoms with Gasteiger partial charge >= 0.3 is 0 Å². The molecule has 0 unspecified atom stereocenters. The normalized spacial score (nSPS) is 24.5. The predicted octanol–water partition coefficient (Wildman–Crippen LogP) is 3.61. The van der Waals surface area contributed by atoms with E-state index in [4.69, 9.17) is 5.73 Å². The average Bonchev–Trinajstić information content (AvgIpc) is 2.25. The van der Waals surface area contributed by atoms with E-state index in [-0.39, 0.29) is 24.8 Å². The van der Waals surface area contributed by atoms with Crippen molar-refractivity contribution in [2.75, 3.05) is 19.6 Å². The molecule has 0 bridgehead atoms. The summed E-state index contributed by atoms with van der Waals surface area (Å²) in [5.41, 5.74) is 5.95. The maximum atomic E-state index is 5.95. The van der Waals surface area contributed by atoms with Gasteiger partial charge in [0.05, 0.1) is 0 Å². The highest BCUT2D eigenvalue weighted by Gasteiger charge is 2.19. The minimum absolute atomic E-state index is 0. The smallest absolute Gasteiger partial charge is 0.00631 e. The molecule has 110 valence electrons. The molecular weight excluding hydrogens is 267 g/mol. The zero-order valence-electron chi connectivity index (χ0n) is 11.5. The first-order valence-electron chi connectivity index (χ1n) is 7.32. The lowest BCUT2D eigenvalue weighted by molar-refractivity contribution is 0.170. The van der Waals surface area contributed by atoms with Gasteiger partial charge in [-0.05, 0) is 44.7 Å². The third-order valence-electron chi connectivity index (χ3n) is 4.37. The molecule has 0 aromatic heterocycles. The van der Waals surface area contributed by atoms with Gasteiger partial charge in [-0.2, -0.15) is 0 Å². The molecule has 2 rings (SSSR count). The Balaban J connectivity index is 0.00000144. The van der Waals surface area contributed by atoms with Crippen molar-refractivity contribution in [3.63, 3.8) is 0 Å². The second kappa shape index (κ2) is 10.3. The fourth-order valence-corrected chi connectivity index (χ4v) is 3.22. The molecule has 1 aliphatic carbocycles. The Bertz CT molecular complexity index is 186. The Morgan fingerprint density at radius 3 is 1.83 bits per heavy atom. The maximum Gasteiger partial charge on any atom is 0.00631 e. The van der Waals surface area contributed by atoms with Crippen molar-refractivity contribution in [1.29, 1.82) is 0 Å². The van der Waals surface area contributed by atoms with Gasteiger partial charge in [-0.3, -0.25) is 0 Å². The predicted molar refractivity (Wildman–Crippen MR) is 84.0 cm³/mol. The van der Waals surface area contributed by atoms with Crippen molar-refractivity contribution in [2.45, 2.75) is 63.8 Å². The van der Waals surface area contributed by atoms with E-state index in [0.717, 1.165) is 5.92 Å². The standard InChI is InChI=1S/C14H28N2.2ClH/c15-14-8-10-16(11-9-14)12-13-6-4-2-1-3-5-7-13;;/h13-14H,1-12,15H2;2*1H. The molecule has 1 saturated carbocycles. The fourth-order valence-electron chi connectivity index (χ4n) is 3.22. The Hall–Kier alpha value is 0.500. The highest BCUT2D eigenvalue weighted by Crippen LogP contribution is 2.24. The van der Waals surface area contributed by atoms with Crippen LogP contribution in [0.15, 0.2) is 0 Å². The molecule has 1 saturated heterocycles. The first-order valence-corrected chi connectivity index (χ1v) is 7.32. The minimum Gasteiger partial charge on any atom is -0.328 e. The number of nitrogens with two attached hydrogens (primary N) is 1. The average molecular weight is 297 g/mol. The molecule has 0 amide bonds. The molecule has 1 heterocycles. The summed E-state index contributed by atoms with van der Waals surface area (Å²) in [5.74, 6) is 0.981. The molecular formula is C14H30Cl2N2. The third kappa shape index (κ3) is 6.60. The van der Waals surface area contributed by atoms with E-state index in [1.54, 1.807) is 0 Å². The van der Waals surface area contributed by atoms with Gasteiger partial charge in [0.15, 0.2) is 0 Å². The topological polar surface area (TPSA) is 29.3 Å². The van der Waals surface area contributed by atoms with Gasteiger partial charge in [-0.1, -0.05) is 32.1 Å². The van der Waals surface area contributed by atoms with Crippen LogP contribution in [-0.4, -0.2) is 30.6 Å². The van der Waals surface area contributed by atoms with Crippen molar-refractivity contribution in [1.82, 2.24) is 4.90 Å². The molecule has 0 spiro atoms. The summed E-state index contributed by atoms with van der Waals surface area (Å²) in [6.07, 6.45) is 12.7. The Labute approximate surface area is 125 Å². The molecule has 2 fully saturated rings. The first-order chi connectivity index (χ1) is 7.84. The van der Waals surface area contributed by atoms with Gasteiger partial charge in [0.25, 0.3) is 0 Å². The number of halogens is 2. The zero-order valence-corrected chi connectivity index (χ0v) is 13.1. The molecule has 0 radical (unpaired) electrons. The van der Waals surface area contributed by atoms with Crippen LogP contribution in [0.4, 0.5) is 0 Å². The van der Waals surface area contributed by atoms with Gasteiger partial charge in [0.2, 0.25) is 0 Å². The van der Waals surface area contributed by atoms with Gasteiger partial charge in [-0.15, -0.1) is 24.8 Å². The number of hydrogen-bond donors (Lipinski definition) is 1. The maximum absolute atomic E-state index is 5.95. The number of nitrogens with zero attached hydrogens (tertiary/aromatic N) is 1. The van der Waals surface area contributed by atoms with Crippen LogP contribution in [-0.2, 0) is 0 Å². The van der Waals surface area contributed by atoms with E-state index < -0.39 is 0 Å². The molecule has 0 aromatic carbocycles. The molecule has 18 heavy (non-hydrogen) atoms. The molecule has 0 aromatic rings. The van der Waals surface area contributed by atoms with Gasteiger partial charge < -0.3 is 10.6 Å². The third-order valence-corrected chi connectivity index (χ3v) is 4.37. The molecule has 2 N–H and O–H groups in total. The second-order valence-corrected chi connectivity index (χ2v) is 5.85. The summed E-state index contributed by atoms with van der Waals surface area (Å²) < 4.78 is 0. The number of piperidine rings is 1. The highest BCUT2D eigenvalue weighted by atomic mass is 35.5. The number of hydrogen-bond acceptors (Lipinski definition) is 2. The first kappa shape index (κ1) is 18.5. The van der Waals surface area contributed by atoms with E-state index >= 15 is 0 Å². The largest absolute Gasteiger partial charge is 0.328 e. The summed E-state index contributed by atoms with van der Waals surface area (Å²) in [6, 6.07) is 0.480. The van der Waals surface area contributed by atoms with Crippen molar-refractivity contribution >= 4 is 24.8 Å². The van der Waals surface area contributed by atoms with Gasteiger partial charge in [-0.25, -0.2) is 0 Å². The Kier molecular flexibility index (Phi) is 10.6. The Morgan fingerprint density at radius 2 is 1.28 bits per heavy atom. The molecule has 4 heteroatoms. The molecule has 2 aliphatic rings. The van der Waals surface area contributed by atoms with Crippen molar-refractivity contribution in [3.05, 3.63) is 0 Å². The number of rotatable bonds is 2. The molecule has 1 aliphatic heterocycles. The van der Waals surface area contributed by atoms with Crippen molar-refractivity contribution in [2.24, 2.45) is 11.7 Å². The quantitative estimate of drug-likeness (QED) is 0.843. The Morgan fingerprint density at radius 1 is 0.778 bits per heavy atom. The SMILES string of the molecule is Cl.Cl.NC1CCN(CC2CCCCCCC2)CC1. The highest BCUT2D eigenvalue weighted by molar-refractivity contribution is 5.85. The van der Waals surface area contributed by atoms with Gasteiger partial charge in [0, 0.05) is 12.6 Å². The van der Waals surface area contributed by atoms with Crippen LogP contribution >= 0.6 is 24.8 Å². The fraction of sp³-hybridized carbons (Fsp3) is 1.00. The lowest BCUT2D eigenvalue weighted by Gasteiger charge is -2.33. The van der Waals surface area contributed by atoms with Crippen LogP contribution in [0.1, 0.15) is 57.8 Å². The number of likely N-dealkylation sites (tertiary alicyclic amines) is 1. The summed E-state index contributed by atoms with van der Waals surface area (Å²) in [5, 5.41) is 0. The minimum atomic E-state index is 0. The summed E-state index contributed by atoms with van der Waals surface area (Å²) in [7, 11) is 0. The lowest BCUT2D eigenvalue weighted by Crippen LogP contribution is -2.41. The van der Waals surface area contributed by atoms with Crippen LogP contribution in [0.2, 0.25) is 0 Å². The van der Waals surface area contributed by atoms with Crippen LogP contribution in [0.5, 0.6) is 0 Å². The summed E-state index contributed by atoms with van der Waals surface area (Å²) in [6.45, 7) is 3.85. The van der Waals surface area contributed by atoms with Crippen LogP contribution in [0.25, 0.3) is 0 Å². The van der Waals surface area contributed by atoms with Gasteiger partial charge in [0.1, 0.15) is 0 Å². The van der Waals surface area contributed by atoms with E-state index in [0.29, 0.717) is 6.04 Å². The van der Waals surface area contributed by atoms with E-state index in [9.17, 15) is 0 Å². The van der Waals surface area contributed by atoms with E-state index in [1.165, 1.54) is 77.4 Å². The van der Waals surface area contributed by atoms with Crippen molar-refractivity contribution in [3.8, 4) is 0 Å².